The van der Waals surface area contributed by atoms with E-state index >= 15 is 0 Å². The highest BCUT2D eigenvalue weighted by Gasteiger charge is 2.22. The largest absolute Gasteiger partial charge is 0.426 e. The Morgan fingerprint density at radius 3 is 2.22 bits per heavy atom. The number of nitrogens with one attached hydrogen (secondary N) is 1. The van der Waals surface area contributed by atoms with Gasteiger partial charge in [-0.2, -0.15) is 0 Å². The molecule has 1 amide bonds. The maximum Gasteiger partial charge on any atom is 0.314 e. The van der Waals surface area contributed by atoms with Crippen LogP contribution in [-0.4, -0.2) is 11.9 Å². The second-order valence-electron chi connectivity index (χ2n) is 7.50. The molecule has 3 rings (SSSR count). The van der Waals surface area contributed by atoms with E-state index in [1.807, 2.05) is 38.1 Å². The summed E-state index contributed by atoms with van der Waals surface area (Å²) in [6.45, 7) is 4.02. The molecular formula is C23H27NO3. The second-order valence-corrected chi connectivity index (χ2v) is 7.50. The zero-order valence-electron chi connectivity index (χ0n) is 16.1. The quantitative estimate of drug-likeness (QED) is 0.601. The Balaban J connectivity index is 1.53. The number of hydrogen-bond acceptors (Lipinski definition) is 3. The van der Waals surface area contributed by atoms with Crippen molar-refractivity contribution in [3.05, 3.63) is 59.2 Å². The molecule has 2 aromatic rings. The Kier molecular flexibility index (Phi) is 6.28. The van der Waals surface area contributed by atoms with Crippen molar-refractivity contribution >= 4 is 17.6 Å². The van der Waals surface area contributed by atoms with Gasteiger partial charge in [0.15, 0.2) is 0 Å². The van der Waals surface area contributed by atoms with Crippen molar-refractivity contribution in [2.24, 2.45) is 5.92 Å². The topological polar surface area (TPSA) is 55.4 Å². The fraction of sp³-hybridized carbons (Fsp3) is 0.391. The molecule has 4 heteroatoms. The van der Waals surface area contributed by atoms with E-state index in [1.165, 1.54) is 6.42 Å². The van der Waals surface area contributed by atoms with Gasteiger partial charge in [-0.25, -0.2) is 0 Å². The van der Waals surface area contributed by atoms with Crippen molar-refractivity contribution in [3.63, 3.8) is 0 Å². The third-order valence-electron chi connectivity index (χ3n) is 4.95. The molecule has 0 spiro atoms. The Labute approximate surface area is 160 Å². The summed E-state index contributed by atoms with van der Waals surface area (Å²) < 4.78 is 5.50. The predicted molar refractivity (Wildman–Crippen MR) is 107 cm³/mol. The smallest absolute Gasteiger partial charge is 0.314 e. The Hall–Kier alpha value is -2.62. The van der Waals surface area contributed by atoms with E-state index in [1.54, 1.807) is 12.1 Å². The summed E-state index contributed by atoms with van der Waals surface area (Å²) in [5, 5.41) is 2.94. The molecule has 0 unspecified atom stereocenters. The molecule has 1 fully saturated rings. The lowest BCUT2D eigenvalue weighted by Gasteiger charge is -2.19. The minimum absolute atomic E-state index is 0.0296. The lowest BCUT2D eigenvalue weighted by Crippen LogP contribution is -2.22. The predicted octanol–water partition coefficient (Wildman–Crippen LogP) is 4.97. The van der Waals surface area contributed by atoms with Crippen molar-refractivity contribution in [1.29, 1.82) is 0 Å². The van der Waals surface area contributed by atoms with Crippen molar-refractivity contribution in [2.75, 3.05) is 5.32 Å². The van der Waals surface area contributed by atoms with Gasteiger partial charge in [0.05, 0.1) is 12.3 Å². The number of esters is 1. The summed E-state index contributed by atoms with van der Waals surface area (Å²) >= 11 is 0. The fourth-order valence-electron chi connectivity index (χ4n) is 3.65. The first kappa shape index (κ1) is 19.2. The molecule has 0 atom stereocenters. The third-order valence-corrected chi connectivity index (χ3v) is 4.95. The van der Waals surface area contributed by atoms with Crippen LogP contribution in [0.25, 0.3) is 0 Å². The van der Waals surface area contributed by atoms with Crippen molar-refractivity contribution in [3.8, 4) is 5.75 Å². The van der Waals surface area contributed by atoms with Gasteiger partial charge in [-0.05, 0) is 67.6 Å². The summed E-state index contributed by atoms with van der Waals surface area (Å²) in [6, 6.07) is 13.2. The minimum atomic E-state index is -0.130. The number of anilines is 1. The summed E-state index contributed by atoms with van der Waals surface area (Å²) in [6.07, 6.45) is 5.56. The molecule has 2 aromatic carbocycles. The standard InChI is InChI=1S/C23H27NO3/c1-16-12-17(2)14-20(13-16)24-22(25)15-18-8-10-21(11-9-18)27-23(26)19-6-4-3-5-7-19/h8-14,19H,3-7,15H2,1-2H3,(H,24,25). The number of hydrogen-bond donors (Lipinski definition) is 1. The van der Waals surface area contributed by atoms with Gasteiger partial charge in [-0.15, -0.1) is 0 Å². The molecule has 1 aliphatic rings. The number of carbonyl (C=O) groups is 2. The van der Waals surface area contributed by atoms with Crippen LogP contribution in [0.3, 0.4) is 0 Å². The van der Waals surface area contributed by atoms with Crippen molar-refractivity contribution < 1.29 is 14.3 Å². The second kappa shape index (κ2) is 8.85. The average molecular weight is 365 g/mol. The van der Waals surface area contributed by atoms with Crippen LogP contribution in [0.2, 0.25) is 0 Å². The fourth-order valence-corrected chi connectivity index (χ4v) is 3.65. The highest BCUT2D eigenvalue weighted by atomic mass is 16.5. The van der Waals surface area contributed by atoms with E-state index in [9.17, 15) is 9.59 Å². The molecule has 0 heterocycles. The minimum Gasteiger partial charge on any atom is -0.426 e. The monoisotopic (exact) mass is 365 g/mol. The van der Waals surface area contributed by atoms with Crippen molar-refractivity contribution in [1.82, 2.24) is 0 Å². The van der Waals surface area contributed by atoms with Crippen LogP contribution in [0.15, 0.2) is 42.5 Å². The maximum atomic E-state index is 12.3. The molecule has 1 aliphatic carbocycles. The van der Waals surface area contributed by atoms with Crippen LogP contribution in [0.1, 0.15) is 48.8 Å². The van der Waals surface area contributed by atoms with E-state index in [4.69, 9.17) is 4.74 Å². The van der Waals surface area contributed by atoms with Crippen LogP contribution < -0.4 is 10.1 Å². The summed E-state index contributed by atoms with van der Waals surface area (Å²) in [7, 11) is 0. The highest BCUT2D eigenvalue weighted by molar-refractivity contribution is 5.92. The van der Waals surface area contributed by atoms with Gasteiger partial charge in [-0.3, -0.25) is 9.59 Å². The van der Waals surface area contributed by atoms with E-state index < -0.39 is 0 Å². The molecule has 27 heavy (non-hydrogen) atoms. The zero-order valence-corrected chi connectivity index (χ0v) is 16.1. The number of ether oxygens (including phenoxy) is 1. The summed E-state index contributed by atoms with van der Waals surface area (Å²) in [5.74, 6) is 0.382. The Bertz CT molecular complexity index is 785. The van der Waals surface area contributed by atoms with E-state index in [-0.39, 0.29) is 24.2 Å². The molecule has 0 radical (unpaired) electrons. The van der Waals surface area contributed by atoms with E-state index in [2.05, 4.69) is 11.4 Å². The van der Waals surface area contributed by atoms with Crippen LogP contribution in [-0.2, 0) is 16.0 Å². The van der Waals surface area contributed by atoms with Crippen LogP contribution in [0.5, 0.6) is 5.75 Å². The van der Waals surface area contributed by atoms with Crippen molar-refractivity contribution in [2.45, 2.75) is 52.4 Å². The molecule has 0 aromatic heterocycles. The lowest BCUT2D eigenvalue weighted by molar-refractivity contribution is -0.140. The van der Waals surface area contributed by atoms with Gasteiger partial charge in [-0.1, -0.05) is 37.5 Å². The molecule has 4 nitrogen and oxygen atoms in total. The number of carbonyl (C=O) groups excluding carboxylic acids is 2. The third kappa shape index (κ3) is 5.68. The van der Waals surface area contributed by atoms with Gasteiger partial charge >= 0.3 is 5.97 Å². The molecule has 0 saturated heterocycles. The summed E-state index contributed by atoms with van der Waals surface area (Å²) in [4.78, 5) is 24.5. The molecule has 0 aliphatic heterocycles. The van der Waals surface area contributed by atoms with Crippen LogP contribution >= 0.6 is 0 Å². The normalized spacial score (nSPS) is 14.6. The van der Waals surface area contributed by atoms with Crippen LogP contribution in [0.4, 0.5) is 5.69 Å². The molecular weight excluding hydrogens is 338 g/mol. The molecule has 0 bridgehead atoms. The molecule has 142 valence electrons. The first-order chi connectivity index (χ1) is 13.0. The lowest BCUT2D eigenvalue weighted by atomic mass is 9.89. The van der Waals surface area contributed by atoms with Gasteiger partial charge in [0, 0.05) is 5.69 Å². The highest BCUT2D eigenvalue weighted by Crippen LogP contribution is 2.25. The average Bonchev–Trinajstić information content (AvgIpc) is 2.63. The number of aryl methyl sites for hydroxylation is 2. The summed E-state index contributed by atoms with van der Waals surface area (Å²) in [5.41, 5.74) is 3.94. The first-order valence-electron chi connectivity index (χ1n) is 9.68. The van der Waals surface area contributed by atoms with E-state index in [0.29, 0.717) is 5.75 Å². The SMILES string of the molecule is Cc1cc(C)cc(NC(=O)Cc2ccc(OC(=O)C3CCCCC3)cc2)c1. The van der Waals surface area contributed by atoms with Gasteiger partial charge in [0.25, 0.3) is 0 Å². The first-order valence-corrected chi connectivity index (χ1v) is 9.68. The van der Waals surface area contributed by atoms with E-state index in [0.717, 1.165) is 48.1 Å². The number of rotatable bonds is 5. The number of benzene rings is 2. The number of amides is 1. The van der Waals surface area contributed by atoms with Gasteiger partial charge in [0.2, 0.25) is 5.91 Å². The Morgan fingerprint density at radius 1 is 0.963 bits per heavy atom. The Morgan fingerprint density at radius 2 is 1.59 bits per heavy atom. The molecule has 1 saturated carbocycles. The molecule has 1 N–H and O–H groups in total. The maximum absolute atomic E-state index is 12.3. The van der Waals surface area contributed by atoms with Crippen LogP contribution in [0, 0.1) is 19.8 Å². The van der Waals surface area contributed by atoms with Gasteiger partial charge in [0.1, 0.15) is 5.75 Å². The van der Waals surface area contributed by atoms with Gasteiger partial charge < -0.3 is 10.1 Å². The zero-order chi connectivity index (χ0) is 19.2.